The molecule has 1 aliphatic heterocycles. The van der Waals surface area contributed by atoms with Crippen molar-refractivity contribution in [1.29, 1.82) is 0 Å². The SMILES string of the molecule is O=C1C[C@@H]2[C@H](COCc3ccccc3)[C@H](O)C[C@@H]2O1. The van der Waals surface area contributed by atoms with Crippen LogP contribution in [0.25, 0.3) is 0 Å². The zero-order valence-electron chi connectivity index (χ0n) is 10.7. The second-order valence-corrected chi connectivity index (χ2v) is 5.36. The van der Waals surface area contributed by atoms with Gasteiger partial charge in [0.1, 0.15) is 6.10 Å². The van der Waals surface area contributed by atoms with E-state index in [-0.39, 0.29) is 23.9 Å². The summed E-state index contributed by atoms with van der Waals surface area (Å²) in [5.41, 5.74) is 1.12. The monoisotopic (exact) mass is 262 g/mol. The Morgan fingerprint density at radius 2 is 2.11 bits per heavy atom. The molecule has 0 spiro atoms. The second-order valence-electron chi connectivity index (χ2n) is 5.36. The smallest absolute Gasteiger partial charge is 0.306 e. The van der Waals surface area contributed by atoms with Gasteiger partial charge in [-0.3, -0.25) is 4.79 Å². The van der Waals surface area contributed by atoms with Crippen molar-refractivity contribution in [2.45, 2.75) is 31.7 Å². The molecule has 0 amide bonds. The Morgan fingerprint density at radius 3 is 2.89 bits per heavy atom. The molecule has 0 bridgehead atoms. The van der Waals surface area contributed by atoms with Crippen LogP contribution in [0, 0.1) is 11.8 Å². The van der Waals surface area contributed by atoms with Crippen LogP contribution >= 0.6 is 0 Å². The van der Waals surface area contributed by atoms with Crippen LogP contribution in [0.4, 0.5) is 0 Å². The number of hydrogen-bond acceptors (Lipinski definition) is 4. The van der Waals surface area contributed by atoms with Crippen LogP contribution in [0.5, 0.6) is 0 Å². The molecule has 0 unspecified atom stereocenters. The molecule has 1 aromatic carbocycles. The standard InChI is InChI=1S/C15H18O4/c16-13-7-14-11(6-15(17)19-14)12(13)9-18-8-10-4-2-1-3-5-10/h1-5,11-14,16H,6-9H2/t11-,12+,13-,14+/m1/s1. The van der Waals surface area contributed by atoms with Gasteiger partial charge in [-0.1, -0.05) is 30.3 Å². The van der Waals surface area contributed by atoms with E-state index in [0.717, 1.165) is 5.56 Å². The normalized spacial score (nSPS) is 33.2. The number of benzene rings is 1. The highest BCUT2D eigenvalue weighted by atomic mass is 16.6. The zero-order chi connectivity index (χ0) is 13.2. The summed E-state index contributed by atoms with van der Waals surface area (Å²) in [5.74, 6) is -0.00612. The molecule has 3 rings (SSSR count). The fraction of sp³-hybridized carbons (Fsp3) is 0.533. The lowest BCUT2D eigenvalue weighted by molar-refractivity contribution is -0.141. The highest BCUT2D eigenvalue weighted by Crippen LogP contribution is 2.41. The molecule has 19 heavy (non-hydrogen) atoms. The molecule has 4 heteroatoms. The van der Waals surface area contributed by atoms with Crippen LogP contribution < -0.4 is 0 Å². The Kier molecular flexibility index (Phi) is 3.53. The minimum Gasteiger partial charge on any atom is -0.462 e. The van der Waals surface area contributed by atoms with Gasteiger partial charge in [0.05, 0.1) is 25.7 Å². The first-order chi connectivity index (χ1) is 9.24. The number of rotatable bonds is 4. The van der Waals surface area contributed by atoms with Crippen molar-refractivity contribution < 1.29 is 19.4 Å². The van der Waals surface area contributed by atoms with Gasteiger partial charge in [0.25, 0.3) is 0 Å². The third kappa shape index (κ3) is 2.65. The maximum atomic E-state index is 11.3. The molecule has 1 aromatic rings. The van der Waals surface area contributed by atoms with Gasteiger partial charge < -0.3 is 14.6 Å². The number of ether oxygens (including phenoxy) is 2. The Labute approximate surface area is 112 Å². The van der Waals surface area contributed by atoms with E-state index in [9.17, 15) is 9.90 Å². The van der Waals surface area contributed by atoms with E-state index in [1.807, 2.05) is 30.3 Å². The molecule has 4 nitrogen and oxygen atoms in total. The molecule has 4 atom stereocenters. The average Bonchev–Trinajstić information content (AvgIpc) is 2.88. The second kappa shape index (κ2) is 5.31. The molecule has 0 radical (unpaired) electrons. The summed E-state index contributed by atoms with van der Waals surface area (Å²) in [4.78, 5) is 11.3. The number of aliphatic hydroxyl groups is 1. The predicted molar refractivity (Wildman–Crippen MR) is 68.2 cm³/mol. The van der Waals surface area contributed by atoms with Crippen molar-refractivity contribution >= 4 is 5.97 Å². The van der Waals surface area contributed by atoms with Crippen LogP contribution in [0.2, 0.25) is 0 Å². The Bertz CT molecular complexity index is 445. The van der Waals surface area contributed by atoms with Gasteiger partial charge in [-0.05, 0) is 5.56 Å². The number of fused-ring (bicyclic) bond motifs is 1. The van der Waals surface area contributed by atoms with Gasteiger partial charge in [-0.15, -0.1) is 0 Å². The summed E-state index contributed by atoms with van der Waals surface area (Å²) in [5, 5.41) is 10.0. The number of hydrogen-bond donors (Lipinski definition) is 1. The van der Waals surface area contributed by atoms with Crippen LogP contribution in [-0.4, -0.2) is 29.9 Å². The van der Waals surface area contributed by atoms with Gasteiger partial charge in [0, 0.05) is 18.3 Å². The molecule has 0 aromatic heterocycles. The third-order valence-corrected chi connectivity index (χ3v) is 4.10. The predicted octanol–water partition coefficient (Wildman–Crippen LogP) is 1.52. The van der Waals surface area contributed by atoms with Crippen molar-refractivity contribution in [3.63, 3.8) is 0 Å². The first-order valence-corrected chi connectivity index (χ1v) is 6.73. The zero-order valence-corrected chi connectivity index (χ0v) is 10.7. The summed E-state index contributed by atoms with van der Waals surface area (Å²) in [6.07, 6.45) is 0.448. The number of carbonyl (C=O) groups is 1. The summed E-state index contributed by atoms with van der Waals surface area (Å²) < 4.78 is 10.9. The first kappa shape index (κ1) is 12.6. The van der Waals surface area contributed by atoms with Gasteiger partial charge in [0.2, 0.25) is 0 Å². The largest absolute Gasteiger partial charge is 0.462 e. The number of aliphatic hydroxyl groups excluding tert-OH is 1. The lowest BCUT2D eigenvalue weighted by Gasteiger charge is -2.19. The molecule has 1 saturated heterocycles. The van der Waals surface area contributed by atoms with Crippen molar-refractivity contribution in [2.24, 2.45) is 11.8 Å². The van der Waals surface area contributed by atoms with E-state index >= 15 is 0 Å². The van der Waals surface area contributed by atoms with Crippen LogP contribution in [0.3, 0.4) is 0 Å². The van der Waals surface area contributed by atoms with Crippen molar-refractivity contribution in [3.05, 3.63) is 35.9 Å². The fourth-order valence-corrected chi connectivity index (χ4v) is 3.10. The maximum Gasteiger partial charge on any atom is 0.306 e. The Hall–Kier alpha value is -1.39. The van der Waals surface area contributed by atoms with Crippen molar-refractivity contribution in [2.75, 3.05) is 6.61 Å². The lowest BCUT2D eigenvalue weighted by atomic mass is 9.93. The van der Waals surface area contributed by atoms with E-state index < -0.39 is 6.10 Å². The quantitative estimate of drug-likeness (QED) is 0.836. The van der Waals surface area contributed by atoms with E-state index in [0.29, 0.717) is 26.1 Å². The average molecular weight is 262 g/mol. The lowest BCUT2D eigenvalue weighted by Crippen LogP contribution is -2.25. The molecule has 1 aliphatic carbocycles. The molecule has 1 saturated carbocycles. The highest BCUT2D eigenvalue weighted by molar-refractivity contribution is 5.72. The van der Waals surface area contributed by atoms with E-state index in [4.69, 9.17) is 9.47 Å². The molecular weight excluding hydrogens is 244 g/mol. The highest BCUT2D eigenvalue weighted by Gasteiger charge is 2.49. The molecule has 1 heterocycles. The van der Waals surface area contributed by atoms with Crippen LogP contribution in [0.15, 0.2) is 30.3 Å². The molecule has 1 N–H and O–H groups in total. The molecule has 102 valence electrons. The van der Waals surface area contributed by atoms with Gasteiger partial charge in [-0.25, -0.2) is 0 Å². The summed E-state index contributed by atoms with van der Waals surface area (Å²) >= 11 is 0. The Balaban J connectivity index is 1.53. The number of carbonyl (C=O) groups excluding carboxylic acids is 1. The first-order valence-electron chi connectivity index (χ1n) is 6.73. The molecule has 2 aliphatic rings. The summed E-state index contributed by atoms with van der Waals surface area (Å²) in [7, 11) is 0. The summed E-state index contributed by atoms with van der Waals surface area (Å²) in [6, 6.07) is 9.94. The van der Waals surface area contributed by atoms with Gasteiger partial charge in [-0.2, -0.15) is 0 Å². The summed E-state index contributed by atoms with van der Waals surface area (Å²) in [6.45, 7) is 1.02. The molecule has 2 fully saturated rings. The minimum absolute atomic E-state index is 0.0140. The van der Waals surface area contributed by atoms with Crippen molar-refractivity contribution in [1.82, 2.24) is 0 Å². The molecular formula is C15H18O4. The topological polar surface area (TPSA) is 55.8 Å². The Morgan fingerprint density at radius 1 is 1.32 bits per heavy atom. The van der Waals surface area contributed by atoms with E-state index in [2.05, 4.69) is 0 Å². The van der Waals surface area contributed by atoms with E-state index in [1.54, 1.807) is 0 Å². The van der Waals surface area contributed by atoms with Crippen LogP contribution in [0.1, 0.15) is 18.4 Å². The van der Waals surface area contributed by atoms with E-state index in [1.165, 1.54) is 0 Å². The maximum absolute atomic E-state index is 11.3. The van der Waals surface area contributed by atoms with Gasteiger partial charge >= 0.3 is 5.97 Å². The fourth-order valence-electron chi connectivity index (χ4n) is 3.10. The third-order valence-electron chi connectivity index (χ3n) is 4.10. The van der Waals surface area contributed by atoms with Gasteiger partial charge in [0.15, 0.2) is 0 Å². The van der Waals surface area contributed by atoms with Crippen LogP contribution in [-0.2, 0) is 20.9 Å². The number of esters is 1. The van der Waals surface area contributed by atoms with Crippen molar-refractivity contribution in [3.8, 4) is 0 Å². The minimum atomic E-state index is -0.418.